The Hall–Kier alpha value is -1.59. The van der Waals surface area contributed by atoms with Crippen LogP contribution >= 0.6 is 0 Å². The van der Waals surface area contributed by atoms with Crippen LogP contribution in [0.5, 0.6) is 0 Å². The van der Waals surface area contributed by atoms with Gasteiger partial charge in [-0.25, -0.2) is 4.79 Å². The molecule has 6 nitrogen and oxygen atoms in total. The van der Waals surface area contributed by atoms with Crippen LogP contribution in [-0.2, 0) is 19.2 Å². The lowest BCUT2D eigenvalue weighted by molar-refractivity contribution is -0.167. The fourth-order valence-electron chi connectivity index (χ4n) is 2.40. The van der Waals surface area contributed by atoms with Gasteiger partial charge < -0.3 is 14.4 Å². The van der Waals surface area contributed by atoms with Crippen LogP contribution in [0.15, 0.2) is 10.3 Å². The molecule has 88 valence electrons. The maximum atomic E-state index is 11.8. The highest BCUT2D eigenvalue weighted by molar-refractivity contribution is 6.14. The van der Waals surface area contributed by atoms with Crippen LogP contribution in [0, 0.1) is 5.92 Å². The lowest BCUT2D eigenvalue weighted by Crippen LogP contribution is -2.45. The number of nitrogens with zero attached hydrogens (tertiary/aromatic N) is 2. The molecule has 16 heavy (non-hydrogen) atoms. The van der Waals surface area contributed by atoms with Gasteiger partial charge in [0.05, 0.1) is 24.5 Å². The second-order valence-electron chi connectivity index (χ2n) is 3.90. The number of esters is 1. The molecule has 6 heteroatoms. The first-order chi connectivity index (χ1) is 7.65. The van der Waals surface area contributed by atoms with Gasteiger partial charge in [0, 0.05) is 6.42 Å². The van der Waals surface area contributed by atoms with Gasteiger partial charge in [0.2, 0.25) is 5.60 Å². The first-order valence-corrected chi connectivity index (χ1v) is 5.06. The first-order valence-electron chi connectivity index (χ1n) is 5.06. The van der Waals surface area contributed by atoms with Crippen molar-refractivity contribution >= 4 is 17.4 Å². The molecule has 0 bridgehead atoms. The molecule has 0 radical (unpaired) electrons. The number of carbonyl (C=O) groups excluding carboxylic acids is 1. The van der Waals surface area contributed by atoms with Crippen molar-refractivity contribution < 1.29 is 19.2 Å². The molecule has 2 atom stereocenters. The molecule has 0 aromatic heterocycles. The summed E-state index contributed by atoms with van der Waals surface area (Å²) in [4.78, 5) is 21.8. The number of carbonyl (C=O) groups is 1. The summed E-state index contributed by atoms with van der Waals surface area (Å²) in [6.07, 6.45) is 1.17. The van der Waals surface area contributed by atoms with Gasteiger partial charge in [0.1, 0.15) is 7.11 Å². The summed E-state index contributed by atoms with van der Waals surface area (Å²) in [5, 5.41) is 7.80. The standard InChI is InChI=1S/C10H14N2O4/c1-6-8-7(12-15-3)4-5-10(8,16-11-6)9(13)14-2/h8H,4-5H2,1-3H3/b12-7+. The third-order valence-corrected chi connectivity index (χ3v) is 3.06. The average molecular weight is 226 g/mol. The Bertz CT molecular complexity index is 377. The maximum absolute atomic E-state index is 11.8. The zero-order valence-corrected chi connectivity index (χ0v) is 9.52. The third kappa shape index (κ3) is 1.29. The minimum absolute atomic E-state index is 0.250. The second-order valence-corrected chi connectivity index (χ2v) is 3.90. The monoisotopic (exact) mass is 226 g/mol. The van der Waals surface area contributed by atoms with E-state index in [-0.39, 0.29) is 5.92 Å². The zero-order valence-electron chi connectivity index (χ0n) is 9.52. The van der Waals surface area contributed by atoms with Crippen molar-refractivity contribution in [3.63, 3.8) is 0 Å². The molecule has 2 aliphatic rings. The SMILES string of the molecule is CO/N=C1\CCC2(C(=O)OC)ON=C(C)C12. The Morgan fingerprint density at radius 1 is 1.62 bits per heavy atom. The molecular formula is C10H14N2O4. The van der Waals surface area contributed by atoms with Crippen LogP contribution in [0.1, 0.15) is 19.8 Å². The predicted molar refractivity (Wildman–Crippen MR) is 56.1 cm³/mol. The Morgan fingerprint density at radius 3 is 3.00 bits per heavy atom. The molecule has 1 heterocycles. The third-order valence-electron chi connectivity index (χ3n) is 3.06. The molecule has 1 saturated carbocycles. The minimum atomic E-state index is -1.02. The first kappa shape index (κ1) is 10.9. The fraction of sp³-hybridized carbons (Fsp3) is 0.700. The Balaban J connectivity index is 2.37. The highest BCUT2D eigenvalue weighted by atomic mass is 16.7. The number of ether oxygens (including phenoxy) is 1. The molecule has 0 saturated heterocycles. The number of hydrogen-bond donors (Lipinski definition) is 0. The quantitative estimate of drug-likeness (QED) is 0.513. The summed E-state index contributed by atoms with van der Waals surface area (Å²) in [6.45, 7) is 1.81. The molecule has 0 amide bonds. The average Bonchev–Trinajstić information content (AvgIpc) is 2.80. The van der Waals surface area contributed by atoms with E-state index in [1.54, 1.807) is 0 Å². The smallest absolute Gasteiger partial charge is 0.354 e. The van der Waals surface area contributed by atoms with Crippen molar-refractivity contribution in [1.29, 1.82) is 0 Å². The summed E-state index contributed by atoms with van der Waals surface area (Å²) >= 11 is 0. The predicted octanol–water partition coefficient (Wildman–Crippen LogP) is 0.717. The maximum Gasteiger partial charge on any atom is 0.354 e. The lowest BCUT2D eigenvalue weighted by Gasteiger charge is -2.22. The van der Waals surface area contributed by atoms with Crippen LogP contribution in [0.25, 0.3) is 0 Å². The van der Waals surface area contributed by atoms with E-state index in [1.165, 1.54) is 14.2 Å². The highest BCUT2D eigenvalue weighted by Crippen LogP contribution is 2.43. The summed E-state index contributed by atoms with van der Waals surface area (Å²) in [5.74, 6) is -0.653. The topological polar surface area (TPSA) is 69.5 Å². The van der Waals surface area contributed by atoms with Crippen molar-refractivity contribution in [2.24, 2.45) is 16.2 Å². The van der Waals surface area contributed by atoms with E-state index in [0.29, 0.717) is 12.8 Å². The zero-order chi connectivity index (χ0) is 11.8. The van der Waals surface area contributed by atoms with Gasteiger partial charge in [-0.05, 0) is 13.3 Å². The molecule has 1 aliphatic carbocycles. The molecule has 0 aromatic carbocycles. The summed E-state index contributed by atoms with van der Waals surface area (Å²) in [5.41, 5.74) is 0.501. The molecule has 1 fully saturated rings. The Morgan fingerprint density at radius 2 is 2.38 bits per heavy atom. The van der Waals surface area contributed by atoms with Gasteiger partial charge in [-0.1, -0.05) is 10.3 Å². The van der Waals surface area contributed by atoms with Gasteiger partial charge >= 0.3 is 5.97 Å². The number of fused-ring (bicyclic) bond motifs is 1. The molecule has 1 aliphatic heterocycles. The van der Waals surface area contributed by atoms with Crippen molar-refractivity contribution in [2.75, 3.05) is 14.2 Å². The van der Waals surface area contributed by atoms with Crippen molar-refractivity contribution in [2.45, 2.75) is 25.4 Å². The van der Waals surface area contributed by atoms with E-state index in [9.17, 15) is 4.79 Å². The molecule has 0 spiro atoms. The van der Waals surface area contributed by atoms with E-state index in [2.05, 4.69) is 10.3 Å². The van der Waals surface area contributed by atoms with Gasteiger partial charge in [-0.15, -0.1) is 0 Å². The molecule has 2 unspecified atom stereocenters. The highest BCUT2D eigenvalue weighted by Gasteiger charge is 2.61. The minimum Gasteiger partial charge on any atom is -0.466 e. The lowest BCUT2D eigenvalue weighted by atomic mass is 9.87. The van der Waals surface area contributed by atoms with E-state index in [0.717, 1.165) is 11.4 Å². The van der Waals surface area contributed by atoms with Crippen LogP contribution in [0.3, 0.4) is 0 Å². The summed E-state index contributed by atoms with van der Waals surface area (Å²) < 4.78 is 4.78. The Kier molecular flexibility index (Phi) is 2.57. The van der Waals surface area contributed by atoms with Crippen LogP contribution in [-0.4, -0.2) is 37.2 Å². The normalized spacial score (nSPS) is 34.3. The number of oxime groups is 2. The van der Waals surface area contributed by atoms with Crippen LogP contribution < -0.4 is 0 Å². The van der Waals surface area contributed by atoms with Crippen molar-refractivity contribution in [1.82, 2.24) is 0 Å². The summed E-state index contributed by atoms with van der Waals surface area (Å²) in [6, 6.07) is 0. The van der Waals surface area contributed by atoms with Gasteiger partial charge in [0.25, 0.3) is 0 Å². The molecule has 2 rings (SSSR count). The van der Waals surface area contributed by atoms with Gasteiger partial charge in [-0.2, -0.15) is 0 Å². The van der Waals surface area contributed by atoms with Gasteiger partial charge in [-0.3, -0.25) is 0 Å². The number of methoxy groups -OCH3 is 1. The fourth-order valence-corrected chi connectivity index (χ4v) is 2.40. The Labute approximate surface area is 93.2 Å². The van der Waals surface area contributed by atoms with Crippen LogP contribution in [0.2, 0.25) is 0 Å². The molecule has 0 N–H and O–H groups in total. The van der Waals surface area contributed by atoms with Crippen LogP contribution in [0.4, 0.5) is 0 Å². The van der Waals surface area contributed by atoms with E-state index in [4.69, 9.17) is 14.4 Å². The van der Waals surface area contributed by atoms with Crippen molar-refractivity contribution in [3.05, 3.63) is 0 Å². The van der Waals surface area contributed by atoms with Gasteiger partial charge in [0.15, 0.2) is 0 Å². The van der Waals surface area contributed by atoms with Crippen molar-refractivity contribution in [3.8, 4) is 0 Å². The van der Waals surface area contributed by atoms with E-state index >= 15 is 0 Å². The molecular weight excluding hydrogens is 212 g/mol. The molecule has 0 aromatic rings. The number of hydrogen-bond acceptors (Lipinski definition) is 6. The largest absolute Gasteiger partial charge is 0.466 e. The van der Waals surface area contributed by atoms with E-state index in [1.807, 2.05) is 6.92 Å². The summed E-state index contributed by atoms with van der Waals surface area (Å²) in [7, 11) is 2.82. The second kappa shape index (κ2) is 3.77. The number of rotatable bonds is 2. The van der Waals surface area contributed by atoms with E-state index < -0.39 is 11.6 Å².